The van der Waals surface area contributed by atoms with Crippen LogP contribution in [0.15, 0.2) is 134 Å². The largest absolute Gasteiger partial charge is 0.472 e. The van der Waals surface area contributed by atoms with E-state index in [1.807, 2.05) is 0 Å². The Morgan fingerprint density at radius 1 is 0.296 bits per heavy atom. The first-order chi connectivity index (χ1) is 47.7. The van der Waals surface area contributed by atoms with Gasteiger partial charge >= 0.3 is 39.5 Å². The van der Waals surface area contributed by atoms with Crippen molar-refractivity contribution in [1.82, 2.24) is 0 Å². The van der Waals surface area contributed by atoms with Crippen molar-refractivity contribution in [3.63, 3.8) is 0 Å². The summed E-state index contributed by atoms with van der Waals surface area (Å²) in [6, 6.07) is 0. The lowest BCUT2D eigenvalue weighted by Crippen LogP contribution is -2.30. The van der Waals surface area contributed by atoms with Gasteiger partial charge in [-0.25, -0.2) is 9.13 Å². The van der Waals surface area contributed by atoms with Crippen LogP contribution >= 0.6 is 15.6 Å². The summed E-state index contributed by atoms with van der Waals surface area (Å²) in [6.07, 6.45) is 77.4. The average molecular weight is 1420 g/mol. The summed E-state index contributed by atoms with van der Waals surface area (Å²) in [4.78, 5) is 72.8. The molecule has 0 aromatic carbocycles. The highest BCUT2D eigenvalue weighted by molar-refractivity contribution is 7.47. The highest BCUT2D eigenvalue weighted by Gasteiger charge is 2.30. The SMILES string of the molecule is CC/C=C\C/C=C\C/C=C\C/C=C\CCCCCCC(=O)OCC(COP(=O)(O)OCC(O)COP(=O)(O)OCC(COC(=O)CCCCCCC/C=C\C/C=C\C/C=C\CC)OC(=O)CCCCCCCCCCCCC)OC(=O)CCCC/C=C\C/C=C\C/C=C\C/C=C\CC. The number of aliphatic hydroxyl groups excluding tert-OH is 1. The second-order valence-corrected chi connectivity index (χ2v) is 27.4. The minimum absolute atomic E-state index is 0.0335. The maximum atomic E-state index is 13.1. The van der Waals surface area contributed by atoms with E-state index in [2.05, 4.69) is 161 Å². The number of hydrogen-bond acceptors (Lipinski definition) is 15. The van der Waals surface area contributed by atoms with E-state index in [9.17, 15) is 43.2 Å². The van der Waals surface area contributed by atoms with Crippen LogP contribution in [0.5, 0.6) is 0 Å². The van der Waals surface area contributed by atoms with Crippen LogP contribution < -0.4 is 0 Å². The van der Waals surface area contributed by atoms with Crippen LogP contribution in [0.3, 0.4) is 0 Å². The lowest BCUT2D eigenvalue weighted by atomic mass is 10.1. The van der Waals surface area contributed by atoms with Crippen LogP contribution in [0.4, 0.5) is 0 Å². The lowest BCUT2D eigenvalue weighted by Gasteiger charge is -2.21. The van der Waals surface area contributed by atoms with E-state index in [4.69, 9.17) is 37.0 Å². The first kappa shape index (κ1) is 93.2. The number of carbonyl (C=O) groups excluding carboxylic acids is 4. The molecule has 0 aromatic heterocycles. The zero-order valence-corrected chi connectivity index (χ0v) is 62.7. The number of phosphoric ester groups is 2. The molecule has 0 saturated heterocycles. The van der Waals surface area contributed by atoms with Crippen molar-refractivity contribution in [3.8, 4) is 0 Å². The second-order valence-electron chi connectivity index (χ2n) is 24.5. The van der Waals surface area contributed by atoms with Gasteiger partial charge in [-0.1, -0.05) is 258 Å². The van der Waals surface area contributed by atoms with Gasteiger partial charge in [0.1, 0.15) is 19.3 Å². The molecule has 0 aliphatic heterocycles. The first-order valence-electron chi connectivity index (χ1n) is 37.4. The fraction of sp³-hybridized carbons (Fsp3) is 0.671. The molecular weight excluding hydrogens is 1280 g/mol. The fourth-order valence-corrected chi connectivity index (χ4v) is 11.1. The van der Waals surface area contributed by atoms with Crippen LogP contribution in [0.2, 0.25) is 0 Å². The van der Waals surface area contributed by atoms with E-state index >= 15 is 0 Å². The number of rotatable bonds is 69. The highest BCUT2D eigenvalue weighted by atomic mass is 31.2. The van der Waals surface area contributed by atoms with Crippen LogP contribution in [0.25, 0.3) is 0 Å². The van der Waals surface area contributed by atoms with Gasteiger partial charge in [0, 0.05) is 25.7 Å². The molecule has 19 heteroatoms. The smallest absolute Gasteiger partial charge is 0.462 e. The van der Waals surface area contributed by atoms with Crippen LogP contribution in [0, 0.1) is 0 Å². The normalized spacial score (nSPS) is 14.7. The zero-order chi connectivity index (χ0) is 71.8. The minimum Gasteiger partial charge on any atom is -0.462 e. The standard InChI is InChI=1S/C79H132O17P2/c1-5-9-13-17-21-25-29-32-35-36-39-41-45-48-52-56-60-64-77(82)90-70-75(96-79(84)66-62-58-54-50-46-42-38-34-31-27-23-19-15-11-7-3)72-94-98(87,88)92-68-73(80)67-91-97(85,86)93-71-74(95-78(83)65-61-57-53-49-43-28-24-20-16-12-8-4)69-89-76(81)63-59-55-51-47-44-40-37-33-30-26-22-18-14-10-6-2/h9-11,13-15,21-23,25-27,32-35,37-39,41,46,50,73-75,80H,5-8,12,16-20,24,28-31,36,40,42-45,47-49,51-72H2,1-4H3,(H,85,86)(H,87,88)/b13-9-,14-10-,15-11-,25-21-,26-22-,27-23-,35-32-,37-33-,38-34-,41-39-,50-46-. The third kappa shape index (κ3) is 69.7. The molecule has 0 spiro atoms. The molecule has 3 N–H and O–H groups in total. The summed E-state index contributed by atoms with van der Waals surface area (Å²) in [6.45, 7) is 4.42. The molecule has 0 aliphatic rings. The highest BCUT2D eigenvalue weighted by Crippen LogP contribution is 2.45. The summed E-state index contributed by atoms with van der Waals surface area (Å²) in [7, 11) is -9.97. The molecule has 0 bridgehead atoms. The van der Waals surface area contributed by atoms with E-state index in [1.54, 1.807) is 0 Å². The van der Waals surface area contributed by atoms with Crippen molar-refractivity contribution in [2.45, 2.75) is 303 Å². The Labute approximate surface area is 593 Å². The quantitative estimate of drug-likeness (QED) is 0.0169. The molecule has 0 amide bonds. The number of esters is 4. The topological polar surface area (TPSA) is 237 Å². The van der Waals surface area contributed by atoms with Gasteiger partial charge < -0.3 is 33.8 Å². The third-order valence-electron chi connectivity index (χ3n) is 15.1. The van der Waals surface area contributed by atoms with E-state index < -0.39 is 97.5 Å². The van der Waals surface area contributed by atoms with Crippen LogP contribution in [0.1, 0.15) is 285 Å². The Morgan fingerprint density at radius 2 is 0.531 bits per heavy atom. The summed E-state index contributed by atoms with van der Waals surface area (Å²) in [5.41, 5.74) is 0. The second kappa shape index (κ2) is 70.6. The predicted molar refractivity (Wildman–Crippen MR) is 399 cm³/mol. The number of unbranched alkanes of at least 4 members (excludes halogenated alkanes) is 21. The molecule has 0 rings (SSSR count). The van der Waals surface area contributed by atoms with Crippen LogP contribution in [-0.4, -0.2) is 96.7 Å². The molecule has 17 nitrogen and oxygen atoms in total. The van der Waals surface area contributed by atoms with Gasteiger partial charge in [-0.15, -0.1) is 0 Å². The lowest BCUT2D eigenvalue weighted by molar-refractivity contribution is -0.161. The molecule has 0 aliphatic carbocycles. The summed E-state index contributed by atoms with van der Waals surface area (Å²) >= 11 is 0. The predicted octanol–water partition coefficient (Wildman–Crippen LogP) is 21.3. The first-order valence-corrected chi connectivity index (χ1v) is 40.4. The van der Waals surface area contributed by atoms with Crippen molar-refractivity contribution in [2.75, 3.05) is 39.6 Å². The molecular formula is C79H132O17P2. The number of allylic oxidation sites excluding steroid dienone is 22. The van der Waals surface area contributed by atoms with Gasteiger partial charge in [0.25, 0.3) is 0 Å². The molecule has 0 radical (unpaired) electrons. The molecule has 98 heavy (non-hydrogen) atoms. The van der Waals surface area contributed by atoms with Crippen LogP contribution in [-0.2, 0) is 65.4 Å². The number of carbonyl (C=O) groups is 4. The van der Waals surface area contributed by atoms with Crippen molar-refractivity contribution < 1.29 is 80.2 Å². The van der Waals surface area contributed by atoms with Gasteiger partial charge in [-0.2, -0.15) is 0 Å². The monoisotopic (exact) mass is 1410 g/mol. The Kier molecular flexibility index (Phi) is 67.2. The average Bonchev–Trinajstić information content (AvgIpc) is 0.986. The van der Waals surface area contributed by atoms with Crippen molar-refractivity contribution in [3.05, 3.63) is 134 Å². The minimum atomic E-state index is -4.99. The van der Waals surface area contributed by atoms with E-state index in [-0.39, 0.29) is 25.7 Å². The summed E-state index contributed by atoms with van der Waals surface area (Å²) < 4.78 is 68.3. The van der Waals surface area contributed by atoms with Gasteiger partial charge in [0.2, 0.25) is 0 Å². The van der Waals surface area contributed by atoms with Gasteiger partial charge in [-0.05, 0) is 135 Å². The van der Waals surface area contributed by atoms with E-state index in [0.717, 1.165) is 161 Å². The van der Waals surface area contributed by atoms with E-state index in [0.29, 0.717) is 32.1 Å². The molecule has 5 unspecified atom stereocenters. The molecule has 560 valence electrons. The summed E-state index contributed by atoms with van der Waals surface area (Å²) in [5.74, 6) is -2.27. The summed E-state index contributed by atoms with van der Waals surface area (Å²) in [5, 5.41) is 10.6. The van der Waals surface area contributed by atoms with Gasteiger partial charge in [-0.3, -0.25) is 37.3 Å². The number of hydrogen-bond donors (Lipinski definition) is 3. The third-order valence-corrected chi connectivity index (χ3v) is 17.0. The maximum absolute atomic E-state index is 13.1. The molecule has 0 heterocycles. The van der Waals surface area contributed by atoms with Crippen molar-refractivity contribution in [1.29, 1.82) is 0 Å². The Morgan fingerprint density at radius 3 is 0.837 bits per heavy atom. The Bertz CT molecular complexity index is 2380. The Hall–Kier alpha value is -4.80. The van der Waals surface area contributed by atoms with Crippen molar-refractivity contribution in [2.24, 2.45) is 0 Å². The van der Waals surface area contributed by atoms with E-state index in [1.165, 1.54) is 38.5 Å². The molecule has 0 saturated carbocycles. The zero-order valence-electron chi connectivity index (χ0n) is 60.9. The number of phosphoric acid groups is 2. The Balaban J connectivity index is 5.40. The van der Waals surface area contributed by atoms with Gasteiger partial charge in [0.05, 0.1) is 26.4 Å². The maximum Gasteiger partial charge on any atom is 0.472 e. The molecule has 0 fully saturated rings. The molecule has 5 atom stereocenters. The fourth-order valence-electron chi connectivity index (χ4n) is 9.51. The van der Waals surface area contributed by atoms with Gasteiger partial charge in [0.15, 0.2) is 12.2 Å². The van der Waals surface area contributed by atoms with Crippen molar-refractivity contribution >= 4 is 39.5 Å². The number of ether oxygens (including phenoxy) is 4. The molecule has 0 aromatic rings. The number of aliphatic hydroxyl groups is 1.